The zero-order chi connectivity index (χ0) is 8.55. The lowest BCUT2D eigenvalue weighted by Crippen LogP contribution is -2.11. The predicted molar refractivity (Wildman–Crippen MR) is 56.7 cm³/mol. The summed E-state index contributed by atoms with van der Waals surface area (Å²) >= 11 is 4.49. The monoisotopic (exact) mass is 176 g/mol. The Balaban J connectivity index is 2.52. The summed E-state index contributed by atoms with van der Waals surface area (Å²) in [6.45, 7) is 2.22. The predicted octanol–water partition coefficient (Wildman–Crippen LogP) is 3.12. The number of thiol groups is 1. The third-order valence-electron chi connectivity index (χ3n) is 2.47. The van der Waals surface area contributed by atoms with Gasteiger partial charge in [-0.2, -0.15) is 12.6 Å². The molecule has 2 atom stereocenters. The number of fused-ring (bicyclic) bond motifs is 1. The summed E-state index contributed by atoms with van der Waals surface area (Å²) in [4.78, 5) is 0. The Morgan fingerprint density at radius 1 is 1.25 bits per heavy atom. The van der Waals surface area contributed by atoms with Crippen LogP contribution in [0.3, 0.4) is 0 Å². The summed E-state index contributed by atoms with van der Waals surface area (Å²) in [5.41, 5.74) is 2.76. The maximum atomic E-state index is 4.49. The number of benzene rings is 1. The molecule has 1 heteroatoms. The van der Waals surface area contributed by atoms with Gasteiger partial charge in [0.25, 0.3) is 0 Å². The highest BCUT2D eigenvalue weighted by Gasteiger charge is 2.18. The molecule has 0 bridgehead atoms. The van der Waals surface area contributed by atoms with Gasteiger partial charge >= 0.3 is 0 Å². The summed E-state index contributed by atoms with van der Waals surface area (Å²) in [7, 11) is 0. The van der Waals surface area contributed by atoms with Gasteiger partial charge in [0.15, 0.2) is 0 Å². The molecule has 0 saturated heterocycles. The van der Waals surface area contributed by atoms with E-state index in [-0.39, 0.29) is 0 Å². The van der Waals surface area contributed by atoms with Gasteiger partial charge in [-0.3, -0.25) is 0 Å². The van der Waals surface area contributed by atoms with E-state index in [0.29, 0.717) is 11.2 Å². The van der Waals surface area contributed by atoms with Gasteiger partial charge < -0.3 is 0 Å². The van der Waals surface area contributed by atoms with Crippen molar-refractivity contribution in [3.05, 3.63) is 41.5 Å². The molecule has 2 rings (SSSR count). The fourth-order valence-corrected chi connectivity index (χ4v) is 1.88. The smallest absolute Gasteiger partial charge is 0.0266 e. The molecule has 1 aromatic rings. The van der Waals surface area contributed by atoms with E-state index in [1.807, 2.05) is 0 Å². The first-order valence-corrected chi connectivity index (χ1v) is 4.76. The average Bonchev–Trinajstić information content (AvgIpc) is 2.12. The van der Waals surface area contributed by atoms with Gasteiger partial charge in [-0.05, 0) is 17.0 Å². The fourth-order valence-electron chi connectivity index (χ4n) is 1.63. The summed E-state index contributed by atoms with van der Waals surface area (Å²) in [5, 5.41) is 0.375. The number of hydrogen-bond donors (Lipinski definition) is 1. The standard InChI is InChI=1S/C11H12S/c1-8-10-5-3-2-4-9(10)6-7-11(8)12/h2-8,11-12H,1H3/t8-,11?/m1/s1. The molecule has 0 fully saturated rings. The number of rotatable bonds is 0. The minimum absolute atomic E-state index is 0.375. The maximum absolute atomic E-state index is 4.49. The van der Waals surface area contributed by atoms with Crippen molar-refractivity contribution in [2.45, 2.75) is 18.1 Å². The van der Waals surface area contributed by atoms with Crippen LogP contribution >= 0.6 is 12.6 Å². The lowest BCUT2D eigenvalue weighted by atomic mass is 9.88. The van der Waals surface area contributed by atoms with Crippen molar-refractivity contribution < 1.29 is 0 Å². The van der Waals surface area contributed by atoms with Gasteiger partial charge in [-0.25, -0.2) is 0 Å². The van der Waals surface area contributed by atoms with Crippen molar-refractivity contribution in [3.63, 3.8) is 0 Å². The quantitative estimate of drug-likeness (QED) is 0.577. The second-order valence-electron chi connectivity index (χ2n) is 3.27. The van der Waals surface area contributed by atoms with Gasteiger partial charge in [0.05, 0.1) is 0 Å². The average molecular weight is 176 g/mol. The lowest BCUT2D eigenvalue weighted by molar-refractivity contribution is 0.791. The first-order valence-electron chi connectivity index (χ1n) is 4.24. The Labute approximate surface area is 78.7 Å². The molecule has 0 spiro atoms. The molecule has 1 aromatic carbocycles. The Kier molecular flexibility index (Phi) is 1.97. The normalized spacial score (nSPS) is 26.8. The van der Waals surface area contributed by atoms with Crippen LogP contribution in [0.25, 0.3) is 6.08 Å². The molecule has 0 N–H and O–H groups in total. The van der Waals surface area contributed by atoms with E-state index >= 15 is 0 Å². The Hall–Kier alpha value is -0.690. The van der Waals surface area contributed by atoms with Crippen molar-refractivity contribution in [1.29, 1.82) is 0 Å². The van der Waals surface area contributed by atoms with E-state index in [2.05, 4.69) is 56.0 Å². The van der Waals surface area contributed by atoms with Crippen LogP contribution < -0.4 is 0 Å². The van der Waals surface area contributed by atoms with Crippen molar-refractivity contribution in [2.24, 2.45) is 0 Å². The van der Waals surface area contributed by atoms with Crippen LogP contribution in [0, 0.1) is 0 Å². The lowest BCUT2D eigenvalue weighted by Gasteiger charge is -2.22. The van der Waals surface area contributed by atoms with Crippen LogP contribution in [0.2, 0.25) is 0 Å². The Bertz CT molecular complexity index is 315. The Morgan fingerprint density at radius 2 is 2.00 bits per heavy atom. The van der Waals surface area contributed by atoms with Crippen LogP contribution in [0.4, 0.5) is 0 Å². The molecule has 1 aliphatic rings. The molecule has 1 aliphatic carbocycles. The molecule has 1 unspecified atom stereocenters. The van der Waals surface area contributed by atoms with Gasteiger partial charge in [0.1, 0.15) is 0 Å². The maximum Gasteiger partial charge on any atom is 0.0266 e. The second-order valence-corrected chi connectivity index (χ2v) is 3.86. The second kappa shape index (κ2) is 2.98. The van der Waals surface area contributed by atoms with Gasteiger partial charge in [0, 0.05) is 5.25 Å². The summed E-state index contributed by atoms with van der Waals surface area (Å²) in [6, 6.07) is 8.51. The first-order chi connectivity index (χ1) is 5.79. The highest BCUT2D eigenvalue weighted by molar-refractivity contribution is 7.81. The molecule has 12 heavy (non-hydrogen) atoms. The molecule has 0 saturated carbocycles. The van der Waals surface area contributed by atoms with Crippen molar-refractivity contribution in [2.75, 3.05) is 0 Å². The van der Waals surface area contributed by atoms with E-state index in [1.165, 1.54) is 11.1 Å². The van der Waals surface area contributed by atoms with Crippen LogP contribution in [-0.4, -0.2) is 5.25 Å². The molecule has 0 aliphatic heterocycles. The molecular formula is C11H12S. The molecule has 0 aromatic heterocycles. The third-order valence-corrected chi connectivity index (χ3v) is 3.09. The van der Waals surface area contributed by atoms with Crippen molar-refractivity contribution >= 4 is 18.7 Å². The summed E-state index contributed by atoms with van der Waals surface area (Å²) in [5.74, 6) is 0.537. The van der Waals surface area contributed by atoms with E-state index in [9.17, 15) is 0 Å². The van der Waals surface area contributed by atoms with E-state index < -0.39 is 0 Å². The van der Waals surface area contributed by atoms with Crippen LogP contribution in [0.5, 0.6) is 0 Å². The minimum atomic E-state index is 0.375. The highest BCUT2D eigenvalue weighted by atomic mass is 32.1. The highest BCUT2D eigenvalue weighted by Crippen LogP contribution is 2.31. The minimum Gasteiger partial charge on any atom is -0.171 e. The van der Waals surface area contributed by atoms with Gasteiger partial charge in [-0.1, -0.05) is 43.3 Å². The van der Waals surface area contributed by atoms with Crippen molar-refractivity contribution in [1.82, 2.24) is 0 Å². The van der Waals surface area contributed by atoms with Crippen LogP contribution in [0.15, 0.2) is 30.3 Å². The molecule has 0 nitrogen and oxygen atoms in total. The molecule has 0 radical (unpaired) electrons. The van der Waals surface area contributed by atoms with E-state index in [4.69, 9.17) is 0 Å². The Morgan fingerprint density at radius 3 is 2.83 bits per heavy atom. The summed E-state index contributed by atoms with van der Waals surface area (Å²) in [6.07, 6.45) is 4.32. The largest absolute Gasteiger partial charge is 0.171 e. The van der Waals surface area contributed by atoms with Crippen LogP contribution in [-0.2, 0) is 0 Å². The third kappa shape index (κ3) is 1.18. The zero-order valence-corrected chi connectivity index (χ0v) is 7.96. The first kappa shape index (κ1) is 7.93. The SMILES string of the molecule is C[C@@H]1c2ccccc2C=CC1S. The molecule has 0 amide bonds. The number of hydrogen-bond acceptors (Lipinski definition) is 1. The topological polar surface area (TPSA) is 0 Å². The van der Waals surface area contributed by atoms with E-state index in [0.717, 1.165) is 0 Å². The zero-order valence-electron chi connectivity index (χ0n) is 7.07. The fraction of sp³-hybridized carbons (Fsp3) is 0.273. The van der Waals surface area contributed by atoms with Crippen LogP contribution in [0.1, 0.15) is 24.0 Å². The molecule has 62 valence electrons. The van der Waals surface area contributed by atoms with Gasteiger partial charge in [0.2, 0.25) is 0 Å². The van der Waals surface area contributed by atoms with Crippen molar-refractivity contribution in [3.8, 4) is 0 Å². The molecular weight excluding hydrogens is 164 g/mol. The van der Waals surface area contributed by atoms with E-state index in [1.54, 1.807) is 0 Å². The van der Waals surface area contributed by atoms with Gasteiger partial charge in [-0.15, -0.1) is 0 Å². The molecule has 0 heterocycles. The summed E-state index contributed by atoms with van der Waals surface area (Å²) < 4.78 is 0.